The quantitative estimate of drug-likeness (QED) is 0.708. The Labute approximate surface area is 134 Å². The lowest BCUT2D eigenvalue weighted by atomic mass is 10.1. The molecule has 0 aliphatic carbocycles. The fraction of sp³-hybridized carbons (Fsp3) is 0.400. The molecule has 8 heteroatoms. The van der Waals surface area contributed by atoms with Crippen LogP contribution in [0.15, 0.2) is 24.3 Å². The lowest BCUT2D eigenvalue weighted by molar-refractivity contribution is -0.147. The van der Waals surface area contributed by atoms with E-state index in [-0.39, 0.29) is 11.9 Å². The zero-order valence-corrected chi connectivity index (χ0v) is 14.3. The average Bonchev–Trinajstić information content (AvgIpc) is 2.38. The summed E-state index contributed by atoms with van der Waals surface area (Å²) in [4.78, 5) is 33.8. The Morgan fingerprint density at radius 3 is 1.74 bits per heavy atom. The topological polar surface area (TPSA) is 78.9 Å². The Balaban J connectivity index is 2.80. The molecule has 0 spiro atoms. The van der Waals surface area contributed by atoms with Crippen molar-refractivity contribution in [2.75, 3.05) is 0 Å². The molecule has 1 aromatic carbocycles. The van der Waals surface area contributed by atoms with Crippen LogP contribution in [0.25, 0.3) is 0 Å². The Morgan fingerprint density at radius 2 is 1.35 bits per heavy atom. The highest BCUT2D eigenvalue weighted by atomic mass is 28.4. The SMILES string of the molecule is CC(=O)O[Si](CCCc1ccc(F)cc1)(OC(C)=O)OC(C)=O. The number of hydrogen-bond donors (Lipinski definition) is 0. The summed E-state index contributed by atoms with van der Waals surface area (Å²) < 4.78 is 28.1. The largest absolute Gasteiger partial charge is 0.705 e. The summed E-state index contributed by atoms with van der Waals surface area (Å²) in [5.74, 6) is -2.42. The van der Waals surface area contributed by atoms with Gasteiger partial charge in [-0.15, -0.1) is 0 Å². The first-order valence-electron chi connectivity index (χ1n) is 7.05. The van der Waals surface area contributed by atoms with Gasteiger partial charge in [0, 0.05) is 20.8 Å². The predicted molar refractivity (Wildman–Crippen MR) is 80.6 cm³/mol. The van der Waals surface area contributed by atoms with Crippen LogP contribution in [-0.2, 0) is 34.1 Å². The number of rotatable bonds is 7. The minimum atomic E-state index is -3.77. The second kappa shape index (κ2) is 8.42. The molecule has 0 fully saturated rings. The van der Waals surface area contributed by atoms with Crippen molar-refractivity contribution in [1.29, 1.82) is 0 Å². The number of carbonyl (C=O) groups excluding carboxylic acids is 3. The molecule has 0 N–H and O–H groups in total. The molecule has 126 valence electrons. The van der Waals surface area contributed by atoms with Crippen molar-refractivity contribution in [3.05, 3.63) is 35.6 Å². The molecule has 0 unspecified atom stereocenters. The van der Waals surface area contributed by atoms with E-state index in [0.717, 1.165) is 26.3 Å². The molecule has 0 saturated carbocycles. The molecule has 1 aromatic rings. The number of hydrogen-bond acceptors (Lipinski definition) is 6. The van der Waals surface area contributed by atoms with Crippen LogP contribution < -0.4 is 0 Å². The van der Waals surface area contributed by atoms with E-state index >= 15 is 0 Å². The van der Waals surface area contributed by atoms with Gasteiger partial charge < -0.3 is 13.3 Å². The number of benzene rings is 1. The van der Waals surface area contributed by atoms with Crippen molar-refractivity contribution in [3.8, 4) is 0 Å². The van der Waals surface area contributed by atoms with Crippen LogP contribution >= 0.6 is 0 Å². The Kier molecular flexibility index (Phi) is 6.89. The molecule has 0 aliphatic heterocycles. The molecule has 0 aliphatic rings. The minimum absolute atomic E-state index is 0.100. The van der Waals surface area contributed by atoms with Gasteiger partial charge in [0.1, 0.15) is 5.82 Å². The van der Waals surface area contributed by atoms with Gasteiger partial charge in [-0.05, 0) is 30.5 Å². The Morgan fingerprint density at radius 1 is 0.913 bits per heavy atom. The molecule has 0 atom stereocenters. The van der Waals surface area contributed by atoms with E-state index in [9.17, 15) is 18.8 Å². The van der Waals surface area contributed by atoms with Crippen LogP contribution in [0.2, 0.25) is 6.04 Å². The molecule has 6 nitrogen and oxygen atoms in total. The second-order valence-corrected chi connectivity index (χ2v) is 7.42. The zero-order chi connectivity index (χ0) is 17.5. The minimum Gasteiger partial charge on any atom is -0.455 e. The molecular formula is C15H19FO6Si. The van der Waals surface area contributed by atoms with Crippen molar-refractivity contribution >= 4 is 26.7 Å². The summed E-state index contributed by atoms with van der Waals surface area (Å²) >= 11 is 0. The summed E-state index contributed by atoms with van der Waals surface area (Å²) in [7, 11) is -3.77. The van der Waals surface area contributed by atoms with Crippen LogP contribution in [0.5, 0.6) is 0 Å². The van der Waals surface area contributed by atoms with Gasteiger partial charge >= 0.3 is 8.80 Å². The molecule has 0 heterocycles. The van der Waals surface area contributed by atoms with Gasteiger partial charge in [0.05, 0.1) is 6.04 Å². The van der Waals surface area contributed by atoms with Crippen LogP contribution in [0.4, 0.5) is 4.39 Å². The molecule has 0 bridgehead atoms. The Hall–Kier alpha value is -2.22. The predicted octanol–water partition coefficient (Wildman–Crippen LogP) is 2.39. The average molecular weight is 342 g/mol. The van der Waals surface area contributed by atoms with E-state index in [4.69, 9.17) is 13.3 Å². The highest BCUT2D eigenvalue weighted by Crippen LogP contribution is 2.21. The van der Waals surface area contributed by atoms with Crippen LogP contribution in [0, 0.1) is 5.82 Å². The summed E-state index contributed by atoms with van der Waals surface area (Å²) in [6, 6.07) is 6.03. The highest BCUT2D eigenvalue weighted by molar-refractivity contribution is 6.65. The number of halogens is 1. The van der Waals surface area contributed by atoms with Gasteiger partial charge in [-0.3, -0.25) is 14.4 Å². The third-order valence-electron chi connectivity index (χ3n) is 2.76. The van der Waals surface area contributed by atoms with E-state index in [0.29, 0.717) is 12.8 Å². The Bertz CT molecular complexity index is 531. The third-order valence-corrected chi connectivity index (χ3v) is 5.52. The third kappa shape index (κ3) is 7.05. The monoisotopic (exact) mass is 342 g/mol. The first-order chi connectivity index (χ1) is 10.7. The maximum atomic E-state index is 12.9. The van der Waals surface area contributed by atoms with Gasteiger partial charge in [0.2, 0.25) is 0 Å². The summed E-state index contributed by atoms with van der Waals surface area (Å²) in [5, 5.41) is 0. The molecule has 0 radical (unpaired) electrons. The van der Waals surface area contributed by atoms with Gasteiger partial charge in [0.25, 0.3) is 17.9 Å². The number of aryl methyl sites for hydroxylation is 1. The smallest absolute Gasteiger partial charge is 0.455 e. The van der Waals surface area contributed by atoms with E-state index < -0.39 is 26.7 Å². The van der Waals surface area contributed by atoms with E-state index in [1.807, 2.05) is 0 Å². The highest BCUT2D eigenvalue weighted by Gasteiger charge is 2.51. The molecular weight excluding hydrogens is 323 g/mol. The summed E-state index contributed by atoms with van der Waals surface area (Å²) in [5.41, 5.74) is 0.864. The fourth-order valence-corrected chi connectivity index (χ4v) is 4.39. The lowest BCUT2D eigenvalue weighted by Gasteiger charge is -2.26. The van der Waals surface area contributed by atoms with Crippen molar-refractivity contribution in [1.82, 2.24) is 0 Å². The molecule has 1 rings (SSSR count). The van der Waals surface area contributed by atoms with Gasteiger partial charge in [-0.2, -0.15) is 0 Å². The zero-order valence-electron chi connectivity index (χ0n) is 13.3. The maximum absolute atomic E-state index is 12.9. The second-order valence-electron chi connectivity index (χ2n) is 4.94. The molecule has 0 aromatic heterocycles. The van der Waals surface area contributed by atoms with Crippen LogP contribution in [0.1, 0.15) is 32.8 Å². The van der Waals surface area contributed by atoms with Gasteiger partial charge in [-0.25, -0.2) is 4.39 Å². The first-order valence-corrected chi connectivity index (χ1v) is 8.99. The van der Waals surface area contributed by atoms with Crippen LogP contribution in [-0.4, -0.2) is 26.7 Å². The van der Waals surface area contributed by atoms with E-state index in [1.165, 1.54) is 12.1 Å². The summed E-state index contributed by atoms with van der Waals surface area (Å²) in [6.07, 6.45) is 0.963. The van der Waals surface area contributed by atoms with E-state index in [1.54, 1.807) is 12.1 Å². The standard InChI is InChI=1S/C15H19FO6Si/c1-11(17)20-23(21-12(2)18,22-13(3)19)10-4-5-14-6-8-15(16)9-7-14/h6-9H,4-5,10H2,1-3H3. The first kappa shape index (κ1) is 18.8. The normalized spacial score (nSPS) is 10.8. The molecule has 0 amide bonds. The summed E-state index contributed by atoms with van der Waals surface area (Å²) in [6.45, 7) is 3.44. The van der Waals surface area contributed by atoms with Crippen molar-refractivity contribution in [3.63, 3.8) is 0 Å². The molecule has 0 saturated heterocycles. The lowest BCUT2D eigenvalue weighted by Crippen LogP contribution is -2.49. The van der Waals surface area contributed by atoms with Gasteiger partial charge in [0.15, 0.2) is 0 Å². The van der Waals surface area contributed by atoms with Crippen molar-refractivity contribution in [2.24, 2.45) is 0 Å². The maximum Gasteiger partial charge on any atom is 0.705 e. The number of carbonyl (C=O) groups is 3. The van der Waals surface area contributed by atoms with Crippen molar-refractivity contribution < 1.29 is 32.1 Å². The van der Waals surface area contributed by atoms with E-state index in [2.05, 4.69) is 0 Å². The van der Waals surface area contributed by atoms with Crippen molar-refractivity contribution in [2.45, 2.75) is 39.7 Å². The molecule has 23 heavy (non-hydrogen) atoms. The van der Waals surface area contributed by atoms with Gasteiger partial charge in [-0.1, -0.05) is 12.1 Å². The van der Waals surface area contributed by atoms with Crippen LogP contribution in [0.3, 0.4) is 0 Å². The fourth-order valence-electron chi connectivity index (χ4n) is 2.03.